The van der Waals surface area contributed by atoms with Gasteiger partial charge in [0.15, 0.2) is 0 Å². The van der Waals surface area contributed by atoms with E-state index >= 15 is 0 Å². The van der Waals surface area contributed by atoms with E-state index in [-0.39, 0.29) is 0 Å². The average molecular weight is 370 g/mol. The number of anilines is 1. The molecule has 0 radical (unpaired) electrons. The highest BCUT2D eigenvalue weighted by Gasteiger charge is 2.04. The SMILES string of the molecule is Nc1cc2cnn(PI)c2cc1Br. The maximum atomic E-state index is 5.75. The molecule has 1 heterocycles. The second-order valence-corrected chi connectivity index (χ2v) is 5.47. The average Bonchev–Trinajstić information content (AvgIpc) is 2.48. The fraction of sp³-hybridized carbons (Fsp3) is 0. The van der Waals surface area contributed by atoms with Crippen molar-refractivity contribution in [3.63, 3.8) is 0 Å². The molecule has 0 aliphatic heterocycles. The second kappa shape index (κ2) is 3.71. The predicted molar refractivity (Wildman–Crippen MR) is 69.6 cm³/mol. The minimum atomic E-state index is 0.615. The lowest BCUT2D eigenvalue weighted by Crippen LogP contribution is -1.87. The highest BCUT2D eigenvalue weighted by atomic mass is 127. The van der Waals surface area contributed by atoms with Crippen molar-refractivity contribution in [2.75, 3.05) is 5.73 Å². The molecule has 1 unspecified atom stereocenters. The molecule has 0 saturated carbocycles. The zero-order valence-electron chi connectivity index (χ0n) is 6.46. The Labute approximate surface area is 98.5 Å². The van der Waals surface area contributed by atoms with Crippen molar-refractivity contribution < 1.29 is 0 Å². The first-order valence-corrected chi connectivity index (χ1v) is 8.37. The van der Waals surface area contributed by atoms with E-state index in [0.717, 1.165) is 21.1 Å². The third-order valence-corrected chi connectivity index (χ3v) is 4.34. The van der Waals surface area contributed by atoms with E-state index in [2.05, 4.69) is 43.1 Å². The quantitative estimate of drug-likeness (QED) is 0.476. The first-order chi connectivity index (χ1) is 6.22. The molecule has 2 rings (SSSR count). The Morgan fingerprint density at radius 2 is 2.31 bits per heavy atom. The van der Waals surface area contributed by atoms with Gasteiger partial charge in [0.25, 0.3) is 0 Å². The van der Waals surface area contributed by atoms with Crippen molar-refractivity contribution in [2.24, 2.45) is 0 Å². The molecule has 2 aromatic rings. The van der Waals surface area contributed by atoms with Crippen LogP contribution in [0.4, 0.5) is 5.69 Å². The molecular formula is C7H6BrIN3P. The number of nitrogens with zero attached hydrogens (tertiary/aromatic N) is 2. The largest absolute Gasteiger partial charge is 0.398 e. The van der Waals surface area contributed by atoms with Crippen molar-refractivity contribution in [3.8, 4) is 0 Å². The summed E-state index contributed by atoms with van der Waals surface area (Å²) in [5.41, 5.74) is 7.63. The molecule has 0 saturated heterocycles. The molecule has 1 atom stereocenters. The van der Waals surface area contributed by atoms with Crippen LogP contribution in [-0.2, 0) is 0 Å². The lowest BCUT2D eigenvalue weighted by molar-refractivity contribution is 1.04. The van der Waals surface area contributed by atoms with Gasteiger partial charge in [0.1, 0.15) is 0 Å². The van der Waals surface area contributed by atoms with E-state index in [4.69, 9.17) is 5.73 Å². The van der Waals surface area contributed by atoms with Crippen molar-refractivity contribution in [1.29, 1.82) is 0 Å². The van der Waals surface area contributed by atoms with E-state index in [9.17, 15) is 0 Å². The molecule has 3 nitrogen and oxygen atoms in total. The maximum absolute atomic E-state index is 5.75. The topological polar surface area (TPSA) is 43.8 Å². The lowest BCUT2D eigenvalue weighted by atomic mass is 10.2. The summed E-state index contributed by atoms with van der Waals surface area (Å²) in [7, 11) is 0. The molecule has 0 spiro atoms. The van der Waals surface area contributed by atoms with Gasteiger partial charge in [-0.3, -0.25) is 0 Å². The number of nitrogens with two attached hydrogens (primary N) is 1. The highest BCUT2D eigenvalue weighted by Crippen LogP contribution is 2.32. The normalized spacial score (nSPS) is 11.8. The van der Waals surface area contributed by atoms with Crippen LogP contribution in [0.5, 0.6) is 0 Å². The third-order valence-electron chi connectivity index (χ3n) is 1.77. The van der Waals surface area contributed by atoms with Crippen molar-refractivity contribution >= 4 is 60.9 Å². The smallest absolute Gasteiger partial charge is 0.0742 e. The molecule has 1 aromatic heterocycles. The molecule has 0 fully saturated rings. The third kappa shape index (κ3) is 1.69. The van der Waals surface area contributed by atoms with E-state index < -0.39 is 0 Å². The lowest BCUT2D eigenvalue weighted by Gasteiger charge is -2.00. The number of hydrogen-bond acceptors (Lipinski definition) is 2. The van der Waals surface area contributed by atoms with Gasteiger partial charge in [0.05, 0.1) is 18.1 Å². The Hall–Kier alpha value is 0.130. The van der Waals surface area contributed by atoms with Gasteiger partial charge in [-0.15, -0.1) is 0 Å². The minimum Gasteiger partial charge on any atom is -0.398 e. The van der Waals surface area contributed by atoms with Gasteiger partial charge < -0.3 is 5.73 Å². The van der Waals surface area contributed by atoms with Crippen LogP contribution in [0.1, 0.15) is 0 Å². The fourth-order valence-electron chi connectivity index (χ4n) is 1.13. The summed E-state index contributed by atoms with van der Waals surface area (Å²) in [6, 6.07) is 3.93. The minimum absolute atomic E-state index is 0.615. The van der Waals surface area contributed by atoms with Crippen molar-refractivity contribution in [2.45, 2.75) is 0 Å². The van der Waals surface area contributed by atoms with Gasteiger partial charge in [0.2, 0.25) is 0 Å². The van der Waals surface area contributed by atoms with Crippen LogP contribution >= 0.6 is 44.3 Å². The van der Waals surface area contributed by atoms with Crippen LogP contribution in [0, 0.1) is 0 Å². The monoisotopic (exact) mass is 369 g/mol. The molecule has 0 aliphatic rings. The number of fused-ring (bicyclic) bond motifs is 1. The highest BCUT2D eigenvalue weighted by molar-refractivity contribution is 14.2. The van der Waals surface area contributed by atoms with E-state index in [1.165, 1.54) is 0 Å². The van der Waals surface area contributed by atoms with E-state index in [1.54, 1.807) is 0 Å². The van der Waals surface area contributed by atoms with Crippen LogP contribution in [0.25, 0.3) is 10.9 Å². The van der Waals surface area contributed by atoms with E-state index in [0.29, 0.717) is 6.37 Å². The summed E-state index contributed by atoms with van der Waals surface area (Å²) < 4.78 is 2.89. The zero-order chi connectivity index (χ0) is 9.42. The zero-order valence-corrected chi connectivity index (χ0v) is 11.2. The number of halogens is 2. The molecule has 1 aromatic carbocycles. The molecule has 13 heavy (non-hydrogen) atoms. The summed E-state index contributed by atoms with van der Waals surface area (Å²) >= 11 is 5.70. The number of aromatic nitrogens is 2. The van der Waals surface area contributed by atoms with Crippen LogP contribution < -0.4 is 5.73 Å². The summed E-state index contributed by atoms with van der Waals surface area (Å²) in [5, 5.41) is 5.33. The molecule has 68 valence electrons. The fourth-order valence-corrected chi connectivity index (χ4v) is 3.00. The van der Waals surface area contributed by atoms with Crippen LogP contribution in [0.3, 0.4) is 0 Å². The van der Waals surface area contributed by atoms with Gasteiger partial charge >= 0.3 is 0 Å². The molecular weight excluding hydrogens is 364 g/mol. The Bertz CT molecular complexity index is 456. The summed E-state index contributed by atoms with van der Waals surface area (Å²) in [6.07, 6.45) is 2.45. The Morgan fingerprint density at radius 1 is 1.54 bits per heavy atom. The van der Waals surface area contributed by atoms with Gasteiger partial charge in [-0.05, 0) is 50.1 Å². The van der Waals surface area contributed by atoms with Crippen molar-refractivity contribution in [3.05, 3.63) is 22.8 Å². The number of nitrogen functional groups attached to an aromatic ring is 1. The molecule has 0 bridgehead atoms. The Balaban J connectivity index is 2.77. The van der Waals surface area contributed by atoms with Crippen LogP contribution in [0.2, 0.25) is 0 Å². The first kappa shape index (κ1) is 9.68. The Kier molecular flexibility index (Phi) is 2.76. The molecule has 2 N–H and O–H groups in total. The van der Waals surface area contributed by atoms with Gasteiger partial charge in [-0.25, -0.2) is 4.45 Å². The number of hydrogen-bond donors (Lipinski definition) is 1. The predicted octanol–water partition coefficient (Wildman–Crippen LogP) is 3.17. The summed E-state index contributed by atoms with van der Waals surface area (Å²) in [5.74, 6) is 0. The molecule has 0 aliphatic carbocycles. The molecule has 0 amide bonds. The van der Waals surface area contributed by atoms with Crippen LogP contribution in [-0.4, -0.2) is 9.55 Å². The molecule has 6 heteroatoms. The van der Waals surface area contributed by atoms with E-state index in [1.807, 2.05) is 22.8 Å². The first-order valence-electron chi connectivity index (χ1n) is 3.52. The van der Waals surface area contributed by atoms with Gasteiger partial charge in [-0.2, -0.15) is 5.10 Å². The summed E-state index contributed by atoms with van der Waals surface area (Å²) in [4.78, 5) is 0. The number of rotatable bonds is 1. The maximum Gasteiger partial charge on any atom is 0.0742 e. The standard InChI is InChI=1S/C7H6BrIN3P/c8-5-2-7-4(1-6(5)10)3-11-12(7)13-9/h1-3,13H,10H2. The van der Waals surface area contributed by atoms with Gasteiger partial charge in [0, 0.05) is 15.5 Å². The van der Waals surface area contributed by atoms with Crippen LogP contribution in [0.15, 0.2) is 22.8 Å². The summed E-state index contributed by atoms with van der Waals surface area (Å²) in [6.45, 7) is 0. The van der Waals surface area contributed by atoms with Gasteiger partial charge in [-0.1, -0.05) is 0 Å². The Morgan fingerprint density at radius 3 is 3.00 bits per heavy atom. The second-order valence-electron chi connectivity index (χ2n) is 2.57. The number of benzene rings is 1. The van der Waals surface area contributed by atoms with Crippen molar-refractivity contribution in [1.82, 2.24) is 9.55 Å².